The summed E-state index contributed by atoms with van der Waals surface area (Å²) in [5, 5.41) is 0. The van der Waals surface area contributed by atoms with E-state index in [2.05, 4.69) is 6.92 Å². The maximum Gasteiger partial charge on any atom is 0.146 e. The van der Waals surface area contributed by atoms with Crippen molar-refractivity contribution in [2.45, 2.75) is 77.7 Å². The lowest BCUT2D eigenvalue weighted by molar-refractivity contribution is -0.119. The van der Waals surface area contributed by atoms with Crippen LogP contribution in [0.15, 0.2) is 0 Å². The first-order chi connectivity index (χ1) is 8.11. The third-order valence-electron chi connectivity index (χ3n) is 4.33. The van der Waals surface area contributed by atoms with Crippen molar-refractivity contribution in [2.24, 2.45) is 17.6 Å². The van der Waals surface area contributed by atoms with E-state index in [0.717, 1.165) is 12.3 Å². The minimum atomic E-state index is -0.246. The van der Waals surface area contributed by atoms with Crippen molar-refractivity contribution in [3.05, 3.63) is 0 Å². The predicted molar refractivity (Wildman–Crippen MR) is 72.9 cm³/mol. The first-order valence-electron chi connectivity index (χ1n) is 7.37. The summed E-state index contributed by atoms with van der Waals surface area (Å²) in [6, 6.07) is -0.246. The molecule has 0 aromatic carbocycles. The third-order valence-corrected chi connectivity index (χ3v) is 4.33. The lowest BCUT2D eigenvalue weighted by Gasteiger charge is -2.17. The van der Waals surface area contributed by atoms with Gasteiger partial charge in [-0.3, -0.25) is 4.79 Å². The van der Waals surface area contributed by atoms with E-state index in [9.17, 15) is 4.79 Å². The first-order valence-corrected chi connectivity index (χ1v) is 7.37. The van der Waals surface area contributed by atoms with Crippen molar-refractivity contribution in [3.8, 4) is 0 Å². The fourth-order valence-corrected chi connectivity index (χ4v) is 2.96. The monoisotopic (exact) mass is 239 g/mol. The quantitative estimate of drug-likeness (QED) is 0.657. The van der Waals surface area contributed by atoms with Crippen LogP contribution in [0.3, 0.4) is 0 Å². The second kappa shape index (κ2) is 7.86. The molecule has 17 heavy (non-hydrogen) atoms. The van der Waals surface area contributed by atoms with Crippen molar-refractivity contribution in [1.29, 1.82) is 0 Å². The number of carbonyl (C=O) groups excluding carboxylic acids is 1. The zero-order valence-corrected chi connectivity index (χ0v) is 11.6. The lowest BCUT2D eigenvalue weighted by atomic mass is 9.92. The van der Waals surface area contributed by atoms with Crippen LogP contribution in [0.4, 0.5) is 0 Å². The summed E-state index contributed by atoms with van der Waals surface area (Å²) in [6.07, 6.45) is 12.3. The number of unbranched alkanes of at least 4 members (excludes halogenated alkanes) is 2. The number of hydrogen-bond donors (Lipinski definition) is 1. The minimum absolute atomic E-state index is 0.128. The number of nitrogens with two attached hydrogens (primary N) is 1. The van der Waals surface area contributed by atoms with Gasteiger partial charge in [-0.05, 0) is 25.2 Å². The van der Waals surface area contributed by atoms with Crippen LogP contribution in [0.5, 0.6) is 0 Å². The molecule has 2 atom stereocenters. The van der Waals surface area contributed by atoms with Crippen LogP contribution in [0.1, 0.15) is 71.6 Å². The molecule has 1 fully saturated rings. The summed E-state index contributed by atoms with van der Waals surface area (Å²) in [5.74, 6) is 1.49. The Balaban J connectivity index is 1.97. The van der Waals surface area contributed by atoms with E-state index in [0.29, 0.717) is 5.92 Å². The molecule has 1 aliphatic carbocycles. The average molecular weight is 239 g/mol. The molecule has 0 saturated heterocycles. The van der Waals surface area contributed by atoms with E-state index < -0.39 is 0 Å². The summed E-state index contributed by atoms with van der Waals surface area (Å²) in [7, 11) is 0. The number of ketones is 1. The molecule has 0 aromatic rings. The van der Waals surface area contributed by atoms with Crippen LogP contribution >= 0.6 is 0 Å². The Morgan fingerprint density at radius 1 is 1.24 bits per heavy atom. The van der Waals surface area contributed by atoms with E-state index in [-0.39, 0.29) is 11.8 Å². The van der Waals surface area contributed by atoms with Gasteiger partial charge in [-0.2, -0.15) is 0 Å². The molecule has 0 aliphatic heterocycles. The molecule has 0 spiro atoms. The molecule has 100 valence electrons. The van der Waals surface area contributed by atoms with E-state index in [1.807, 2.05) is 0 Å². The van der Waals surface area contributed by atoms with Crippen LogP contribution in [0.25, 0.3) is 0 Å². The predicted octanol–water partition coefficient (Wildman–Crippen LogP) is 3.68. The maximum absolute atomic E-state index is 11.1. The summed E-state index contributed by atoms with van der Waals surface area (Å²) >= 11 is 0. The van der Waals surface area contributed by atoms with Gasteiger partial charge in [-0.1, -0.05) is 58.3 Å². The van der Waals surface area contributed by atoms with Gasteiger partial charge in [0.15, 0.2) is 0 Å². The van der Waals surface area contributed by atoms with Crippen LogP contribution in [0.2, 0.25) is 0 Å². The second-order valence-corrected chi connectivity index (χ2v) is 5.90. The molecule has 0 bridgehead atoms. The Morgan fingerprint density at radius 3 is 2.47 bits per heavy atom. The van der Waals surface area contributed by atoms with Gasteiger partial charge in [-0.15, -0.1) is 0 Å². The molecule has 2 heteroatoms. The number of rotatable bonds is 8. The van der Waals surface area contributed by atoms with Crippen LogP contribution < -0.4 is 5.73 Å². The van der Waals surface area contributed by atoms with Crippen molar-refractivity contribution in [2.75, 3.05) is 0 Å². The second-order valence-electron chi connectivity index (χ2n) is 5.90. The van der Waals surface area contributed by atoms with Gasteiger partial charge in [0, 0.05) is 0 Å². The van der Waals surface area contributed by atoms with Crippen molar-refractivity contribution < 1.29 is 4.79 Å². The van der Waals surface area contributed by atoms with Gasteiger partial charge in [-0.25, -0.2) is 0 Å². The van der Waals surface area contributed by atoms with Crippen LogP contribution in [-0.4, -0.2) is 11.8 Å². The van der Waals surface area contributed by atoms with Gasteiger partial charge in [0.25, 0.3) is 0 Å². The van der Waals surface area contributed by atoms with E-state index in [4.69, 9.17) is 5.73 Å². The molecular weight excluding hydrogens is 210 g/mol. The zero-order chi connectivity index (χ0) is 12.7. The maximum atomic E-state index is 11.1. The van der Waals surface area contributed by atoms with Gasteiger partial charge in [0.2, 0.25) is 0 Å². The topological polar surface area (TPSA) is 43.1 Å². The smallest absolute Gasteiger partial charge is 0.146 e. The first kappa shape index (κ1) is 14.7. The minimum Gasteiger partial charge on any atom is -0.321 e. The summed E-state index contributed by atoms with van der Waals surface area (Å²) in [4.78, 5) is 11.1. The molecule has 1 rings (SSSR count). The normalized spacial score (nSPS) is 20.4. The van der Waals surface area contributed by atoms with Gasteiger partial charge < -0.3 is 5.73 Å². The Bertz CT molecular complexity index is 221. The van der Waals surface area contributed by atoms with E-state index >= 15 is 0 Å². The highest BCUT2D eigenvalue weighted by Gasteiger charge is 2.17. The highest BCUT2D eigenvalue weighted by atomic mass is 16.1. The lowest BCUT2D eigenvalue weighted by Crippen LogP contribution is -2.35. The van der Waals surface area contributed by atoms with Gasteiger partial charge >= 0.3 is 0 Å². The Morgan fingerprint density at radius 2 is 1.88 bits per heavy atom. The molecular formula is C15H29NO. The molecule has 2 nitrogen and oxygen atoms in total. The average Bonchev–Trinajstić information content (AvgIpc) is 2.80. The van der Waals surface area contributed by atoms with E-state index in [1.165, 1.54) is 51.4 Å². The number of hydrogen-bond acceptors (Lipinski definition) is 2. The molecule has 1 aliphatic rings. The van der Waals surface area contributed by atoms with E-state index in [1.54, 1.807) is 6.92 Å². The number of Topliss-reactive ketones (excluding diaryl/α,β-unsaturated/α-hetero) is 1. The fourth-order valence-electron chi connectivity index (χ4n) is 2.96. The summed E-state index contributed by atoms with van der Waals surface area (Å²) < 4.78 is 0. The Labute approximate surface area is 106 Å². The Kier molecular flexibility index (Phi) is 6.79. The highest BCUT2D eigenvalue weighted by Crippen LogP contribution is 2.29. The SMILES string of the molecule is CC(=O)[C@H](N)[C@@H](C)CCCCCC1CCCC1. The molecule has 2 N–H and O–H groups in total. The molecule has 1 saturated carbocycles. The van der Waals surface area contributed by atoms with Crippen molar-refractivity contribution in [1.82, 2.24) is 0 Å². The van der Waals surface area contributed by atoms with Gasteiger partial charge in [0.1, 0.15) is 5.78 Å². The molecule has 0 amide bonds. The molecule has 0 radical (unpaired) electrons. The molecule has 0 aromatic heterocycles. The molecule has 0 heterocycles. The number of carbonyl (C=O) groups is 1. The van der Waals surface area contributed by atoms with Crippen molar-refractivity contribution >= 4 is 5.78 Å². The van der Waals surface area contributed by atoms with Crippen LogP contribution in [0, 0.1) is 11.8 Å². The largest absolute Gasteiger partial charge is 0.321 e. The van der Waals surface area contributed by atoms with Crippen LogP contribution in [-0.2, 0) is 4.79 Å². The standard InChI is InChI=1S/C15H29NO/c1-12(15(16)13(2)17)8-4-3-5-9-14-10-6-7-11-14/h12,14-15H,3-11,16H2,1-2H3/t12-,15+/m0/s1. The molecule has 0 unspecified atom stereocenters. The summed E-state index contributed by atoms with van der Waals surface area (Å²) in [5.41, 5.74) is 5.82. The summed E-state index contributed by atoms with van der Waals surface area (Å²) in [6.45, 7) is 3.70. The van der Waals surface area contributed by atoms with Crippen molar-refractivity contribution in [3.63, 3.8) is 0 Å². The zero-order valence-electron chi connectivity index (χ0n) is 11.6. The Hall–Kier alpha value is -0.370. The third kappa shape index (κ3) is 5.67. The fraction of sp³-hybridized carbons (Fsp3) is 0.933. The highest BCUT2D eigenvalue weighted by molar-refractivity contribution is 5.81. The van der Waals surface area contributed by atoms with Gasteiger partial charge in [0.05, 0.1) is 6.04 Å².